The molecule has 3 atom stereocenters. The molecule has 3 aliphatic rings. The predicted molar refractivity (Wildman–Crippen MR) is 114 cm³/mol. The highest BCUT2D eigenvalue weighted by molar-refractivity contribution is 8.02. The van der Waals surface area contributed by atoms with Crippen LogP contribution >= 0.6 is 23.4 Å². The minimum absolute atomic E-state index is 0.0760. The summed E-state index contributed by atoms with van der Waals surface area (Å²) in [6.45, 7) is 5.05. The number of carbonyl (C=O) groups is 2. The van der Waals surface area contributed by atoms with Crippen molar-refractivity contribution in [1.82, 2.24) is 9.80 Å². The van der Waals surface area contributed by atoms with Crippen LogP contribution in [0.3, 0.4) is 0 Å². The Morgan fingerprint density at radius 3 is 2.70 bits per heavy atom. The number of halogens is 1. The molecule has 162 valence electrons. The van der Waals surface area contributed by atoms with E-state index in [9.17, 15) is 19.8 Å². The molecule has 0 bridgehead atoms. The summed E-state index contributed by atoms with van der Waals surface area (Å²) < 4.78 is -0.273. The Kier molecular flexibility index (Phi) is 5.52. The molecule has 0 radical (unpaired) electrons. The first-order chi connectivity index (χ1) is 14.2. The molecule has 0 saturated carbocycles. The maximum Gasteiger partial charge on any atom is 0.255 e. The van der Waals surface area contributed by atoms with Crippen LogP contribution in [0.4, 0.5) is 0 Å². The number of phenols is 2. The van der Waals surface area contributed by atoms with Crippen LogP contribution < -0.4 is 0 Å². The van der Waals surface area contributed by atoms with Gasteiger partial charge in [0.25, 0.3) is 5.91 Å². The fourth-order valence-electron chi connectivity index (χ4n) is 4.05. The van der Waals surface area contributed by atoms with Gasteiger partial charge in [0.2, 0.25) is 5.91 Å². The monoisotopic (exact) mass is 453 g/mol. The van der Waals surface area contributed by atoms with E-state index in [1.54, 1.807) is 22.9 Å². The average molecular weight is 454 g/mol. The van der Waals surface area contributed by atoms with E-state index < -0.39 is 5.75 Å². The number of likely N-dealkylation sites (tertiary alicyclic amines) is 1. The molecule has 3 saturated heterocycles. The van der Waals surface area contributed by atoms with Gasteiger partial charge in [0, 0.05) is 32.0 Å². The van der Waals surface area contributed by atoms with Crippen LogP contribution in [0.2, 0.25) is 5.02 Å². The van der Waals surface area contributed by atoms with Gasteiger partial charge in [0.15, 0.2) is 11.5 Å². The van der Waals surface area contributed by atoms with Gasteiger partial charge in [-0.05, 0) is 26.0 Å². The summed E-state index contributed by atoms with van der Waals surface area (Å²) in [5, 5.41) is 23.5. The Bertz CT molecular complexity index is 905. The van der Waals surface area contributed by atoms with Gasteiger partial charge >= 0.3 is 0 Å². The Morgan fingerprint density at radius 1 is 1.37 bits per heavy atom. The van der Waals surface area contributed by atoms with Crippen molar-refractivity contribution in [3.05, 3.63) is 22.7 Å². The van der Waals surface area contributed by atoms with Crippen LogP contribution in [-0.4, -0.2) is 73.4 Å². The van der Waals surface area contributed by atoms with Gasteiger partial charge < -0.3 is 24.9 Å². The highest BCUT2D eigenvalue weighted by atomic mass is 35.5. The first-order valence-corrected chi connectivity index (χ1v) is 11.2. The third-order valence-corrected chi connectivity index (χ3v) is 8.16. The molecule has 0 spiro atoms. The molecule has 10 heteroatoms. The quantitative estimate of drug-likeness (QED) is 0.314. The summed E-state index contributed by atoms with van der Waals surface area (Å²) >= 11 is 7.74. The number of piperidine rings is 1. The molecule has 2 N–H and O–H groups in total. The van der Waals surface area contributed by atoms with Crippen LogP contribution in [0.25, 0.3) is 0 Å². The number of hydrogen-bond acceptors (Lipinski definition) is 7. The second-order valence-electron chi connectivity index (χ2n) is 8.06. The number of phenolic OH excluding ortho intramolecular Hbond substituents is 2. The van der Waals surface area contributed by atoms with Crippen molar-refractivity contribution >= 4 is 41.4 Å². The van der Waals surface area contributed by atoms with E-state index in [0.717, 1.165) is 0 Å². The molecular formula is C20H24ClN3O5S. The standard InChI is InChI=1S/C20H24ClN3O5S/c1-11-20(2,30-16-9-15(26)24(11)16)10-22-29-12-5-7-23(8-6-12)19(28)13-3-4-14(25)18(27)17(13)21/h3-4,10-12,16,25,27H,5-9H2,1-2H3/b22-10+/t11?,16-,20+/m1/s1. The summed E-state index contributed by atoms with van der Waals surface area (Å²) in [6.07, 6.45) is 3.53. The Hall–Kier alpha value is -2.13. The van der Waals surface area contributed by atoms with E-state index in [2.05, 4.69) is 12.1 Å². The second kappa shape index (κ2) is 7.85. The van der Waals surface area contributed by atoms with E-state index in [1.165, 1.54) is 12.1 Å². The second-order valence-corrected chi connectivity index (χ2v) is 10.1. The highest BCUT2D eigenvalue weighted by Gasteiger charge is 2.55. The number of oxime groups is 1. The molecule has 2 amide bonds. The van der Waals surface area contributed by atoms with Crippen molar-refractivity contribution in [2.75, 3.05) is 13.1 Å². The van der Waals surface area contributed by atoms with Gasteiger partial charge in [-0.15, -0.1) is 11.8 Å². The number of benzene rings is 1. The van der Waals surface area contributed by atoms with Gasteiger partial charge in [0.05, 0.1) is 33.3 Å². The van der Waals surface area contributed by atoms with Crippen molar-refractivity contribution in [1.29, 1.82) is 0 Å². The number of rotatable bonds is 4. The lowest BCUT2D eigenvalue weighted by Crippen LogP contribution is -2.53. The van der Waals surface area contributed by atoms with Crippen LogP contribution in [0.1, 0.15) is 43.5 Å². The number of amides is 2. The minimum Gasteiger partial charge on any atom is -0.504 e. The Morgan fingerprint density at radius 2 is 2.07 bits per heavy atom. The summed E-state index contributed by atoms with van der Waals surface area (Å²) in [5.74, 6) is -0.958. The number of fused-ring (bicyclic) bond motifs is 1. The largest absolute Gasteiger partial charge is 0.504 e. The summed E-state index contributed by atoms with van der Waals surface area (Å²) in [4.78, 5) is 33.7. The molecule has 3 heterocycles. The molecule has 1 unspecified atom stereocenters. The molecule has 1 aromatic rings. The Balaban J connectivity index is 1.30. The maximum atomic E-state index is 12.7. The number of β-lactam (4-membered cyclic amide) rings is 1. The molecule has 0 aromatic heterocycles. The zero-order chi connectivity index (χ0) is 21.6. The molecule has 30 heavy (non-hydrogen) atoms. The molecule has 3 fully saturated rings. The van der Waals surface area contributed by atoms with Crippen LogP contribution in [0.5, 0.6) is 11.5 Å². The topological polar surface area (TPSA) is 103 Å². The predicted octanol–water partition coefficient (Wildman–Crippen LogP) is 2.81. The molecule has 0 aliphatic carbocycles. The van der Waals surface area contributed by atoms with E-state index in [1.807, 2.05) is 11.8 Å². The summed E-state index contributed by atoms with van der Waals surface area (Å²) in [5.41, 5.74) is 0.156. The van der Waals surface area contributed by atoms with Gasteiger partial charge in [-0.2, -0.15) is 0 Å². The lowest BCUT2D eigenvalue weighted by Gasteiger charge is -2.37. The number of nitrogens with zero attached hydrogens (tertiary/aromatic N) is 3. The minimum atomic E-state index is -0.492. The van der Waals surface area contributed by atoms with Crippen LogP contribution in [-0.2, 0) is 9.63 Å². The van der Waals surface area contributed by atoms with Crippen molar-refractivity contribution in [3.63, 3.8) is 0 Å². The van der Waals surface area contributed by atoms with Gasteiger partial charge in [-0.1, -0.05) is 16.8 Å². The summed E-state index contributed by atoms with van der Waals surface area (Å²) in [6, 6.07) is 2.73. The van der Waals surface area contributed by atoms with E-state index in [-0.39, 0.29) is 50.4 Å². The van der Waals surface area contributed by atoms with Crippen LogP contribution in [0.15, 0.2) is 17.3 Å². The molecule has 8 nitrogen and oxygen atoms in total. The van der Waals surface area contributed by atoms with E-state index >= 15 is 0 Å². The molecular weight excluding hydrogens is 430 g/mol. The lowest BCUT2D eigenvalue weighted by atomic mass is 9.99. The third-order valence-electron chi connectivity index (χ3n) is 6.16. The number of hydrogen-bond donors (Lipinski definition) is 2. The average Bonchev–Trinajstić information content (AvgIpc) is 2.91. The summed E-state index contributed by atoms with van der Waals surface area (Å²) in [7, 11) is 0. The van der Waals surface area contributed by atoms with Crippen molar-refractivity contribution in [3.8, 4) is 11.5 Å². The first-order valence-electron chi connectivity index (χ1n) is 9.90. The first kappa shape index (κ1) is 21.1. The fraction of sp³-hybridized carbons (Fsp3) is 0.550. The highest BCUT2D eigenvalue weighted by Crippen LogP contribution is 2.49. The van der Waals surface area contributed by atoms with Crippen LogP contribution in [0, 0.1) is 0 Å². The smallest absolute Gasteiger partial charge is 0.255 e. The van der Waals surface area contributed by atoms with Gasteiger partial charge in [-0.25, -0.2) is 0 Å². The fourth-order valence-corrected chi connectivity index (χ4v) is 5.93. The zero-order valence-corrected chi connectivity index (χ0v) is 18.3. The number of thioether (sulfide) groups is 1. The zero-order valence-electron chi connectivity index (χ0n) is 16.7. The van der Waals surface area contributed by atoms with Crippen molar-refractivity contribution in [2.24, 2.45) is 5.16 Å². The Labute approximate surface area is 183 Å². The third kappa shape index (κ3) is 3.58. The molecule has 4 rings (SSSR count). The van der Waals surface area contributed by atoms with Gasteiger partial charge in [-0.3, -0.25) is 9.59 Å². The van der Waals surface area contributed by atoms with Crippen molar-refractivity contribution < 1.29 is 24.6 Å². The normalized spacial score (nSPS) is 29.2. The SMILES string of the molecule is CC1N2C(=O)C[C@H]2S[C@@]1(C)/C=N/OC1CCN(C(=O)c2ccc(O)c(O)c2Cl)CC1. The van der Waals surface area contributed by atoms with Crippen molar-refractivity contribution in [2.45, 2.75) is 55.4 Å². The number of carbonyl (C=O) groups excluding carboxylic acids is 2. The van der Waals surface area contributed by atoms with E-state index in [4.69, 9.17) is 16.4 Å². The van der Waals surface area contributed by atoms with Gasteiger partial charge in [0.1, 0.15) is 6.10 Å². The van der Waals surface area contributed by atoms with E-state index in [0.29, 0.717) is 32.4 Å². The lowest BCUT2D eigenvalue weighted by molar-refractivity contribution is -0.143. The number of aromatic hydroxyl groups is 2. The molecule has 1 aromatic carbocycles. The maximum absolute atomic E-state index is 12.7. The molecule has 3 aliphatic heterocycles.